The number of nitrogens with zero attached hydrogens (tertiary/aromatic N) is 3. The van der Waals surface area contributed by atoms with Crippen LogP contribution in [0.4, 0.5) is 10.1 Å². The van der Waals surface area contributed by atoms with Crippen molar-refractivity contribution >= 4 is 25.7 Å². The third kappa shape index (κ3) is 5.69. The highest BCUT2D eigenvalue weighted by molar-refractivity contribution is 7.89. The van der Waals surface area contributed by atoms with E-state index in [9.17, 15) is 21.2 Å². The molecule has 11 heteroatoms. The van der Waals surface area contributed by atoms with Gasteiger partial charge in [0.1, 0.15) is 5.82 Å². The molecular formula is C24H33FN4O4S2. The Hall–Kier alpha value is -2.05. The van der Waals surface area contributed by atoms with E-state index in [4.69, 9.17) is 0 Å². The molecule has 0 radical (unpaired) electrons. The summed E-state index contributed by atoms with van der Waals surface area (Å²) in [7, 11) is -4.59. The Bertz CT molecular complexity index is 1230. The Morgan fingerprint density at radius 1 is 0.857 bits per heavy atom. The smallest absolute Gasteiger partial charge is 0.242 e. The number of rotatable bonds is 7. The fourth-order valence-corrected chi connectivity index (χ4v) is 7.16. The predicted octanol–water partition coefficient (Wildman–Crippen LogP) is 2.49. The average Bonchev–Trinajstić information content (AvgIpc) is 2.85. The van der Waals surface area contributed by atoms with E-state index in [1.54, 1.807) is 12.1 Å². The molecule has 1 saturated heterocycles. The number of hydrogen-bond acceptors (Lipinski definition) is 6. The molecule has 8 nitrogen and oxygen atoms in total. The van der Waals surface area contributed by atoms with Crippen molar-refractivity contribution in [3.8, 4) is 0 Å². The Labute approximate surface area is 207 Å². The summed E-state index contributed by atoms with van der Waals surface area (Å²) in [6, 6.07) is 11.9. The van der Waals surface area contributed by atoms with Gasteiger partial charge in [0.2, 0.25) is 20.0 Å². The van der Waals surface area contributed by atoms with Crippen LogP contribution in [0.3, 0.4) is 0 Å². The molecule has 1 aliphatic heterocycles. The summed E-state index contributed by atoms with van der Waals surface area (Å²) >= 11 is 0. The Balaban J connectivity index is 1.44. The van der Waals surface area contributed by atoms with Crippen LogP contribution >= 0.6 is 0 Å². The molecule has 2 atom stereocenters. The molecule has 192 valence electrons. The van der Waals surface area contributed by atoms with E-state index < -0.39 is 20.0 Å². The first kappa shape index (κ1) is 26.0. The van der Waals surface area contributed by atoms with Gasteiger partial charge in [-0.15, -0.1) is 0 Å². The number of anilines is 1. The first-order valence-corrected chi connectivity index (χ1v) is 14.8. The van der Waals surface area contributed by atoms with Gasteiger partial charge in [-0.25, -0.2) is 30.3 Å². The second kappa shape index (κ2) is 10.5. The normalized spacial score (nSPS) is 22.5. The van der Waals surface area contributed by atoms with Gasteiger partial charge < -0.3 is 4.90 Å². The zero-order chi connectivity index (χ0) is 25.2. The molecule has 0 amide bonds. The van der Waals surface area contributed by atoms with Crippen LogP contribution in [0.2, 0.25) is 0 Å². The molecule has 2 aromatic rings. The van der Waals surface area contributed by atoms with Gasteiger partial charge in [-0.3, -0.25) is 4.90 Å². The fraction of sp³-hybridized carbons (Fsp3) is 0.500. The quantitative estimate of drug-likeness (QED) is 0.599. The number of piperazine rings is 1. The van der Waals surface area contributed by atoms with E-state index in [1.165, 1.54) is 44.4 Å². The number of para-hydroxylation sites is 1. The number of benzene rings is 2. The zero-order valence-electron chi connectivity index (χ0n) is 20.1. The van der Waals surface area contributed by atoms with Gasteiger partial charge in [0.25, 0.3) is 0 Å². The van der Waals surface area contributed by atoms with Crippen LogP contribution in [-0.2, 0) is 20.0 Å². The Morgan fingerprint density at radius 2 is 1.46 bits per heavy atom. The maximum atomic E-state index is 14.2. The van der Waals surface area contributed by atoms with Crippen LogP contribution in [0.15, 0.2) is 58.3 Å². The summed E-state index contributed by atoms with van der Waals surface area (Å²) in [5.74, 6) is -0.228. The monoisotopic (exact) mass is 524 g/mol. The first-order chi connectivity index (χ1) is 16.6. The molecule has 35 heavy (non-hydrogen) atoms. The molecule has 0 aromatic heterocycles. The lowest BCUT2D eigenvalue weighted by molar-refractivity contribution is 0.124. The topological polar surface area (TPSA) is 90.0 Å². The molecule has 1 unspecified atom stereocenters. The lowest BCUT2D eigenvalue weighted by atomic mass is 9.89. The van der Waals surface area contributed by atoms with Crippen LogP contribution in [0, 0.1) is 5.82 Å². The number of hydrogen-bond donors (Lipinski definition) is 1. The standard InChI is InChI=1S/C24H33FN4O4S2/c1-27(2)35(32,33)20-13-11-19(12-14-20)34(30,31)26-22-8-4-6-10-24(22)29-17-15-28(16-18-29)23-9-5-3-7-21(23)25/h3,5,7,9,11-14,22,24,26H,4,6,8,10,15-18H2,1-2H3/t22?,24-/m0/s1. The summed E-state index contributed by atoms with van der Waals surface area (Å²) in [6.45, 7) is 2.82. The van der Waals surface area contributed by atoms with Crippen molar-refractivity contribution in [1.82, 2.24) is 13.9 Å². The van der Waals surface area contributed by atoms with Crippen molar-refractivity contribution in [1.29, 1.82) is 0 Å². The molecule has 2 fully saturated rings. The Morgan fingerprint density at radius 3 is 2.09 bits per heavy atom. The van der Waals surface area contributed by atoms with Crippen LogP contribution in [-0.4, -0.2) is 78.4 Å². The number of sulfonamides is 2. The molecule has 4 rings (SSSR count). The van der Waals surface area contributed by atoms with Crippen molar-refractivity contribution in [3.05, 3.63) is 54.3 Å². The van der Waals surface area contributed by atoms with Gasteiger partial charge in [-0.2, -0.15) is 0 Å². The summed E-state index contributed by atoms with van der Waals surface area (Å²) in [4.78, 5) is 4.45. The van der Waals surface area contributed by atoms with Gasteiger partial charge in [0.05, 0.1) is 15.5 Å². The molecule has 1 saturated carbocycles. The van der Waals surface area contributed by atoms with Gasteiger partial charge >= 0.3 is 0 Å². The Kier molecular flexibility index (Phi) is 7.82. The minimum Gasteiger partial charge on any atom is -0.367 e. The lowest BCUT2D eigenvalue weighted by Gasteiger charge is -2.44. The zero-order valence-corrected chi connectivity index (χ0v) is 21.7. The summed E-state index contributed by atoms with van der Waals surface area (Å²) < 4.78 is 69.1. The molecule has 1 aliphatic carbocycles. The molecule has 2 aromatic carbocycles. The SMILES string of the molecule is CN(C)S(=O)(=O)c1ccc(S(=O)(=O)NC2CCCC[C@@H]2N2CCN(c3ccccc3F)CC2)cc1. The van der Waals surface area contributed by atoms with Crippen LogP contribution in [0.25, 0.3) is 0 Å². The number of halogens is 1. The predicted molar refractivity (Wildman–Crippen MR) is 134 cm³/mol. The summed E-state index contributed by atoms with van der Waals surface area (Å²) in [5.41, 5.74) is 0.604. The van der Waals surface area contributed by atoms with Crippen LogP contribution < -0.4 is 9.62 Å². The van der Waals surface area contributed by atoms with E-state index in [1.807, 2.05) is 11.0 Å². The van der Waals surface area contributed by atoms with Crippen molar-refractivity contribution in [2.45, 2.75) is 47.6 Å². The second-order valence-corrected chi connectivity index (χ2v) is 13.2. The van der Waals surface area contributed by atoms with Crippen molar-refractivity contribution in [2.75, 3.05) is 45.2 Å². The van der Waals surface area contributed by atoms with Gasteiger partial charge in [0.15, 0.2) is 0 Å². The van der Waals surface area contributed by atoms with E-state index in [0.717, 1.165) is 43.1 Å². The minimum absolute atomic E-state index is 0.0453. The molecule has 0 spiro atoms. The van der Waals surface area contributed by atoms with Crippen molar-refractivity contribution in [3.63, 3.8) is 0 Å². The first-order valence-electron chi connectivity index (χ1n) is 11.9. The summed E-state index contributed by atoms with van der Waals surface area (Å²) in [5, 5.41) is 0. The third-order valence-corrected chi connectivity index (χ3v) is 10.3. The molecule has 0 bridgehead atoms. The van der Waals surface area contributed by atoms with E-state index in [2.05, 4.69) is 9.62 Å². The fourth-order valence-electron chi connectivity index (χ4n) is 4.96. The summed E-state index contributed by atoms with van der Waals surface area (Å²) in [6.07, 6.45) is 3.61. The van der Waals surface area contributed by atoms with Gasteiger partial charge in [-0.05, 0) is 49.2 Å². The van der Waals surface area contributed by atoms with Crippen molar-refractivity contribution < 1.29 is 21.2 Å². The van der Waals surface area contributed by atoms with Gasteiger partial charge in [-0.1, -0.05) is 25.0 Å². The molecule has 1 N–H and O–H groups in total. The van der Waals surface area contributed by atoms with E-state index >= 15 is 0 Å². The van der Waals surface area contributed by atoms with Crippen molar-refractivity contribution in [2.24, 2.45) is 0 Å². The third-order valence-electron chi connectivity index (χ3n) is 6.93. The van der Waals surface area contributed by atoms with E-state index in [0.29, 0.717) is 18.8 Å². The molecule has 2 aliphatic rings. The average molecular weight is 525 g/mol. The lowest BCUT2D eigenvalue weighted by Crippen LogP contribution is -2.58. The van der Waals surface area contributed by atoms with Crippen LogP contribution in [0.1, 0.15) is 25.7 Å². The number of nitrogens with one attached hydrogen (secondary N) is 1. The second-order valence-electron chi connectivity index (χ2n) is 9.31. The van der Waals surface area contributed by atoms with Crippen LogP contribution in [0.5, 0.6) is 0 Å². The highest BCUT2D eigenvalue weighted by Gasteiger charge is 2.35. The minimum atomic E-state index is -3.82. The highest BCUT2D eigenvalue weighted by Crippen LogP contribution is 2.28. The molecule has 1 heterocycles. The maximum Gasteiger partial charge on any atom is 0.242 e. The van der Waals surface area contributed by atoms with E-state index in [-0.39, 0.29) is 27.7 Å². The molecular weight excluding hydrogens is 491 g/mol. The highest BCUT2D eigenvalue weighted by atomic mass is 32.2. The maximum absolute atomic E-state index is 14.2. The largest absolute Gasteiger partial charge is 0.367 e. The van der Waals surface area contributed by atoms with Gasteiger partial charge in [0, 0.05) is 52.4 Å².